The summed E-state index contributed by atoms with van der Waals surface area (Å²) in [4.78, 5) is 25.0. The molecule has 2 unspecified atom stereocenters. The number of hydrogen-bond donors (Lipinski definition) is 1. The van der Waals surface area contributed by atoms with Crippen LogP contribution >= 0.6 is 0 Å². The lowest BCUT2D eigenvalue weighted by molar-refractivity contribution is -0.143. The molecule has 1 aromatic carbocycles. The van der Waals surface area contributed by atoms with Gasteiger partial charge in [-0.25, -0.2) is 8.42 Å². The van der Waals surface area contributed by atoms with Crippen LogP contribution in [0.3, 0.4) is 0 Å². The monoisotopic (exact) mass is 366 g/mol. The van der Waals surface area contributed by atoms with Crippen molar-refractivity contribution in [3.63, 3.8) is 0 Å². The number of nitrogens with zero attached hydrogens (tertiary/aromatic N) is 2. The molecule has 0 aliphatic carbocycles. The average Bonchev–Trinajstić information content (AvgIpc) is 2.54. The molecule has 1 N–H and O–H groups in total. The highest BCUT2D eigenvalue weighted by molar-refractivity contribution is 7.89. The molecular weight excluding hydrogens is 344 g/mol. The number of carboxylic acid groups (broad SMARTS) is 1. The normalized spacial score (nSPS) is 25.4. The Bertz CT molecular complexity index is 759. The minimum Gasteiger partial charge on any atom is -0.481 e. The van der Waals surface area contributed by atoms with E-state index in [2.05, 4.69) is 0 Å². The summed E-state index contributed by atoms with van der Waals surface area (Å²) >= 11 is 0. The fourth-order valence-corrected chi connectivity index (χ4v) is 5.49. The van der Waals surface area contributed by atoms with Gasteiger partial charge in [-0.1, -0.05) is 18.2 Å². The number of sulfonamides is 1. The third-order valence-corrected chi connectivity index (χ3v) is 7.38. The third-order valence-electron chi connectivity index (χ3n) is 5.08. The molecule has 1 amide bonds. The first kappa shape index (κ1) is 17.9. The maximum absolute atomic E-state index is 12.8. The summed E-state index contributed by atoms with van der Waals surface area (Å²) in [6.45, 7) is 2.12. The van der Waals surface area contributed by atoms with E-state index in [0.29, 0.717) is 18.4 Å². The van der Waals surface area contributed by atoms with Crippen LogP contribution in [0.4, 0.5) is 0 Å². The number of benzene rings is 1. The topological polar surface area (TPSA) is 95.0 Å². The number of aliphatic carboxylic acids is 1. The van der Waals surface area contributed by atoms with Crippen LogP contribution in [0.2, 0.25) is 0 Å². The highest BCUT2D eigenvalue weighted by Crippen LogP contribution is 2.29. The molecule has 2 atom stereocenters. The molecule has 2 heterocycles. The largest absolute Gasteiger partial charge is 0.481 e. The van der Waals surface area contributed by atoms with Gasteiger partial charge in [0, 0.05) is 31.2 Å². The van der Waals surface area contributed by atoms with Crippen molar-refractivity contribution in [3.8, 4) is 0 Å². The lowest BCUT2D eigenvalue weighted by atomic mass is 9.96. The Morgan fingerprint density at radius 2 is 1.72 bits per heavy atom. The van der Waals surface area contributed by atoms with Crippen molar-refractivity contribution >= 4 is 21.9 Å². The van der Waals surface area contributed by atoms with E-state index in [-0.39, 0.29) is 31.6 Å². The molecule has 0 radical (unpaired) electrons. The Labute approximate surface area is 147 Å². The molecule has 2 aliphatic heterocycles. The number of carbonyl (C=O) groups excluding carboxylic acids is 1. The van der Waals surface area contributed by atoms with E-state index >= 15 is 0 Å². The van der Waals surface area contributed by atoms with Crippen LogP contribution in [-0.2, 0) is 14.8 Å². The zero-order valence-electron chi connectivity index (χ0n) is 14.0. The molecule has 8 heteroatoms. The van der Waals surface area contributed by atoms with E-state index in [1.165, 1.54) is 9.21 Å². The van der Waals surface area contributed by atoms with Gasteiger partial charge in [-0.05, 0) is 31.9 Å². The first-order valence-corrected chi connectivity index (χ1v) is 9.89. The van der Waals surface area contributed by atoms with E-state index in [0.717, 1.165) is 0 Å². The molecule has 0 saturated carbocycles. The van der Waals surface area contributed by atoms with Gasteiger partial charge in [-0.15, -0.1) is 0 Å². The lowest BCUT2D eigenvalue weighted by Crippen LogP contribution is -2.62. The summed E-state index contributed by atoms with van der Waals surface area (Å²) in [5.41, 5.74) is 0.538. The summed E-state index contributed by atoms with van der Waals surface area (Å²) in [6, 6.07) is 8.55. The first-order valence-electron chi connectivity index (χ1n) is 8.38. The van der Waals surface area contributed by atoms with E-state index in [4.69, 9.17) is 0 Å². The molecule has 2 aliphatic rings. The summed E-state index contributed by atoms with van der Waals surface area (Å²) in [6.07, 6.45) is 1.03. The van der Waals surface area contributed by atoms with E-state index in [1.807, 2.05) is 6.07 Å². The number of amides is 1. The fraction of sp³-hybridized carbons (Fsp3) is 0.529. The Hall–Kier alpha value is -1.93. The second kappa shape index (κ2) is 6.76. The SMILES string of the molecule is CC1CCC(C(=O)O)CN1S(=O)(=O)C1CN(C(=O)c2ccccc2)C1. The van der Waals surface area contributed by atoms with Gasteiger partial charge in [0.1, 0.15) is 5.25 Å². The van der Waals surface area contributed by atoms with Gasteiger partial charge in [-0.3, -0.25) is 9.59 Å². The predicted octanol–water partition coefficient (Wildman–Crippen LogP) is 1.03. The maximum atomic E-state index is 12.8. The van der Waals surface area contributed by atoms with E-state index < -0.39 is 27.2 Å². The number of piperidine rings is 1. The molecule has 1 aromatic rings. The number of likely N-dealkylation sites (tertiary alicyclic amines) is 1. The molecule has 2 saturated heterocycles. The Kier molecular flexibility index (Phi) is 4.83. The minimum atomic E-state index is -3.61. The van der Waals surface area contributed by atoms with Crippen molar-refractivity contribution in [1.82, 2.24) is 9.21 Å². The zero-order chi connectivity index (χ0) is 18.2. The van der Waals surface area contributed by atoms with Gasteiger partial charge >= 0.3 is 5.97 Å². The Balaban J connectivity index is 1.66. The van der Waals surface area contributed by atoms with Gasteiger partial charge in [-0.2, -0.15) is 4.31 Å². The van der Waals surface area contributed by atoms with Crippen LogP contribution in [0.25, 0.3) is 0 Å². The molecule has 2 fully saturated rings. The van der Waals surface area contributed by atoms with E-state index in [9.17, 15) is 23.1 Å². The van der Waals surface area contributed by atoms with Crippen LogP contribution < -0.4 is 0 Å². The summed E-state index contributed by atoms with van der Waals surface area (Å²) < 4.78 is 27.0. The summed E-state index contributed by atoms with van der Waals surface area (Å²) in [5.74, 6) is -1.79. The zero-order valence-corrected chi connectivity index (χ0v) is 14.9. The number of hydrogen-bond acceptors (Lipinski definition) is 4. The second-order valence-corrected chi connectivity index (χ2v) is 8.94. The van der Waals surface area contributed by atoms with Crippen LogP contribution in [-0.4, -0.2) is 65.5 Å². The quantitative estimate of drug-likeness (QED) is 0.859. The lowest BCUT2D eigenvalue weighted by Gasteiger charge is -2.44. The first-order chi connectivity index (χ1) is 11.8. The van der Waals surface area contributed by atoms with Crippen molar-refractivity contribution in [1.29, 1.82) is 0 Å². The minimum absolute atomic E-state index is 0.0158. The summed E-state index contributed by atoms with van der Waals surface area (Å²) in [5, 5.41) is 8.53. The third kappa shape index (κ3) is 3.41. The van der Waals surface area contributed by atoms with Gasteiger partial charge < -0.3 is 10.0 Å². The van der Waals surface area contributed by atoms with Gasteiger partial charge in [0.2, 0.25) is 10.0 Å². The van der Waals surface area contributed by atoms with Crippen LogP contribution in [0.5, 0.6) is 0 Å². The number of rotatable bonds is 4. The molecular formula is C17H22N2O5S. The standard InChI is InChI=1S/C17H22N2O5S/c1-12-7-8-14(17(21)22)9-19(12)25(23,24)15-10-18(11-15)16(20)13-5-3-2-4-6-13/h2-6,12,14-15H,7-11H2,1H3,(H,21,22). The molecule has 136 valence electrons. The van der Waals surface area contributed by atoms with Gasteiger partial charge in [0.05, 0.1) is 5.92 Å². The van der Waals surface area contributed by atoms with Crippen molar-refractivity contribution in [2.45, 2.75) is 31.1 Å². The predicted molar refractivity (Wildman–Crippen MR) is 91.6 cm³/mol. The molecule has 7 nitrogen and oxygen atoms in total. The Morgan fingerprint density at radius 3 is 2.32 bits per heavy atom. The molecule has 0 bridgehead atoms. The smallest absolute Gasteiger partial charge is 0.307 e. The van der Waals surface area contributed by atoms with E-state index in [1.54, 1.807) is 31.2 Å². The maximum Gasteiger partial charge on any atom is 0.307 e. The summed E-state index contributed by atoms with van der Waals surface area (Å²) in [7, 11) is -3.61. The van der Waals surface area contributed by atoms with Crippen LogP contribution in [0.15, 0.2) is 30.3 Å². The highest BCUT2D eigenvalue weighted by atomic mass is 32.2. The molecule has 0 aromatic heterocycles. The second-order valence-electron chi connectivity index (χ2n) is 6.77. The molecule has 25 heavy (non-hydrogen) atoms. The van der Waals surface area contributed by atoms with Crippen molar-refractivity contribution in [2.75, 3.05) is 19.6 Å². The average molecular weight is 366 g/mol. The van der Waals surface area contributed by atoms with Crippen molar-refractivity contribution in [2.24, 2.45) is 5.92 Å². The molecule has 3 rings (SSSR count). The Morgan fingerprint density at radius 1 is 1.08 bits per heavy atom. The van der Waals surface area contributed by atoms with Crippen LogP contribution in [0.1, 0.15) is 30.1 Å². The number of carbonyl (C=O) groups is 2. The highest BCUT2D eigenvalue weighted by Gasteiger charge is 2.46. The van der Waals surface area contributed by atoms with Crippen molar-refractivity contribution in [3.05, 3.63) is 35.9 Å². The number of carboxylic acids is 1. The van der Waals surface area contributed by atoms with Gasteiger partial charge in [0.15, 0.2) is 0 Å². The molecule has 0 spiro atoms. The van der Waals surface area contributed by atoms with Crippen LogP contribution in [0, 0.1) is 5.92 Å². The van der Waals surface area contributed by atoms with Crippen molar-refractivity contribution < 1.29 is 23.1 Å². The van der Waals surface area contributed by atoms with Gasteiger partial charge in [0.25, 0.3) is 5.91 Å². The fourth-order valence-electron chi connectivity index (χ4n) is 3.38.